The van der Waals surface area contributed by atoms with E-state index in [9.17, 15) is 4.79 Å². The molecule has 0 fully saturated rings. The van der Waals surface area contributed by atoms with Crippen molar-refractivity contribution in [3.63, 3.8) is 0 Å². The lowest BCUT2D eigenvalue weighted by molar-refractivity contribution is 0.0594. The summed E-state index contributed by atoms with van der Waals surface area (Å²) >= 11 is 0. The maximum Gasteiger partial charge on any atom is 0.358 e. The molecule has 3 rings (SSSR count). The highest BCUT2D eigenvalue weighted by molar-refractivity contribution is 5.87. The number of carbonyl (C=O) groups is 1. The van der Waals surface area contributed by atoms with E-state index in [1.165, 1.54) is 13.4 Å². The van der Waals surface area contributed by atoms with Gasteiger partial charge in [0, 0.05) is 25.1 Å². The van der Waals surface area contributed by atoms with Crippen LogP contribution in [0.2, 0.25) is 0 Å². The average Bonchev–Trinajstić information content (AvgIpc) is 3.00. The molecule has 0 saturated carbocycles. The molecule has 2 aromatic heterocycles. The van der Waals surface area contributed by atoms with Gasteiger partial charge in [-0.25, -0.2) is 19.7 Å². The molecular formula is C16H14N4O2. The maximum absolute atomic E-state index is 11.7. The highest BCUT2D eigenvalue weighted by atomic mass is 16.5. The van der Waals surface area contributed by atoms with Crippen molar-refractivity contribution in [2.24, 2.45) is 0 Å². The van der Waals surface area contributed by atoms with E-state index >= 15 is 0 Å². The Kier molecular flexibility index (Phi) is 3.91. The molecule has 0 aliphatic rings. The summed E-state index contributed by atoms with van der Waals surface area (Å²) < 4.78 is 6.63. The van der Waals surface area contributed by atoms with E-state index in [-0.39, 0.29) is 5.69 Å². The van der Waals surface area contributed by atoms with Gasteiger partial charge in [0.2, 0.25) is 0 Å². The van der Waals surface area contributed by atoms with Gasteiger partial charge in [0.15, 0.2) is 5.69 Å². The second-order valence-electron chi connectivity index (χ2n) is 4.68. The van der Waals surface area contributed by atoms with Crippen LogP contribution >= 0.6 is 0 Å². The summed E-state index contributed by atoms with van der Waals surface area (Å²) in [5, 5.41) is 0. The van der Waals surface area contributed by atoms with Gasteiger partial charge in [-0.05, 0) is 5.56 Å². The number of esters is 1. The molecule has 0 bridgehead atoms. The topological polar surface area (TPSA) is 69.9 Å². The van der Waals surface area contributed by atoms with Crippen LogP contribution < -0.4 is 0 Å². The van der Waals surface area contributed by atoms with Crippen molar-refractivity contribution in [3.8, 4) is 11.4 Å². The number of ether oxygens (including phenoxy) is 1. The normalized spacial score (nSPS) is 10.4. The molecule has 0 N–H and O–H groups in total. The van der Waals surface area contributed by atoms with Crippen LogP contribution in [0.3, 0.4) is 0 Å². The molecule has 110 valence electrons. The molecule has 0 aliphatic heterocycles. The number of imidazole rings is 1. The summed E-state index contributed by atoms with van der Waals surface area (Å²) in [6.07, 6.45) is 6.46. The van der Waals surface area contributed by atoms with Gasteiger partial charge in [0.05, 0.1) is 12.7 Å². The summed E-state index contributed by atoms with van der Waals surface area (Å²) in [6.45, 7) is 0.592. The third-order valence-electron chi connectivity index (χ3n) is 3.19. The lowest BCUT2D eigenvalue weighted by Crippen LogP contribution is -2.02. The second-order valence-corrected chi connectivity index (χ2v) is 4.68. The van der Waals surface area contributed by atoms with E-state index in [1.54, 1.807) is 18.6 Å². The van der Waals surface area contributed by atoms with Gasteiger partial charge in [-0.1, -0.05) is 30.3 Å². The van der Waals surface area contributed by atoms with Crippen LogP contribution in [-0.2, 0) is 11.3 Å². The van der Waals surface area contributed by atoms with Crippen molar-refractivity contribution >= 4 is 5.97 Å². The van der Waals surface area contributed by atoms with Crippen LogP contribution in [0.5, 0.6) is 0 Å². The Hall–Kier alpha value is -3.02. The molecule has 0 atom stereocenters. The predicted octanol–water partition coefficient (Wildman–Crippen LogP) is 2.17. The molecule has 6 heteroatoms. The Morgan fingerprint density at radius 3 is 2.59 bits per heavy atom. The van der Waals surface area contributed by atoms with Gasteiger partial charge in [-0.2, -0.15) is 0 Å². The molecule has 0 spiro atoms. The number of hydrogen-bond donors (Lipinski definition) is 0. The minimum absolute atomic E-state index is 0.261. The van der Waals surface area contributed by atoms with Crippen molar-refractivity contribution in [1.29, 1.82) is 0 Å². The number of aromatic nitrogens is 4. The van der Waals surface area contributed by atoms with Crippen LogP contribution in [0.1, 0.15) is 16.1 Å². The zero-order valence-electron chi connectivity index (χ0n) is 12.0. The van der Waals surface area contributed by atoms with Gasteiger partial charge in [0.25, 0.3) is 0 Å². The minimum Gasteiger partial charge on any atom is -0.464 e. The van der Waals surface area contributed by atoms with Crippen molar-refractivity contribution < 1.29 is 9.53 Å². The maximum atomic E-state index is 11.7. The largest absolute Gasteiger partial charge is 0.464 e. The summed E-state index contributed by atoms with van der Waals surface area (Å²) in [5.74, 6) is 0.162. The van der Waals surface area contributed by atoms with E-state index in [4.69, 9.17) is 4.74 Å². The third kappa shape index (κ3) is 2.85. The number of methoxy groups -OCH3 is 1. The number of benzene rings is 1. The molecule has 1 aromatic carbocycles. The van der Waals surface area contributed by atoms with Crippen molar-refractivity contribution in [1.82, 2.24) is 19.5 Å². The quantitative estimate of drug-likeness (QED) is 0.690. The molecule has 2 heterocycles. The first-order chi connectivity index (χ1) is 10.8. The summed E-state index contributed by atoms with van der Waals surface area (Å²) in [6, 6.07) is 9.94. The van der Waals surface area contributed by atoms with E-state index in [0.717, 1.165) is 11.1 Å². The molecule has 0 saturated heterocycles. The van der Waals surface area contributed by atoms with Crippen LogP contribution in [0.4, 0.5) is 0 Å². The van der Waals surface area contributed by atoms with E-state index < -0.39 is 5.97 Å². The first-order valence-corrected chi connectivity index (χ1v) is 6.72. The van der Waals surface area contributed by atoms with Gasteiger partial charge < -0.3 is 9.30 Å². The summed E-state index contributed by atoms with van der Waals surface area (Å²) in [5.41, 5.74) is 2.11. The molecule has 0 unspecified atom stereocenters. The van der Waals surface area contributed by atoms with Gasteiger partial charge >= 0.3 is 5.97 Å². The number of hydrogen-bond acceptors (Lipinski definition) is 5. The number of nitrogens with zero attached hydrogens (tertiary/aromatic N) is 4. The molecule has 3 aromatic rings. The smallest absolute Gasteiger partial charge is 0.358 e. The van der Waals surface area contributed by atoms with Gasteiger partial charge in [-0.15, -0.1) is 0 Å². The predicted molar refractivity (Wildman–Crippen MR) is 80.1 cm³/mol. The molecule has 6 nitrogen and oxygen atoms in total. The Labute approximate surface area is 127 Å². The first kappa shape index (κ1) is 13.9. The highest BCUT2D eigenvalue weighted by Gasteiger charge is 2.16. The monoisotopic (exact) mass is 294 g/mol. The van der Waals surface area contributed by atoms with Crippen LogP contribution in [0, 0.1) is 0 Å². The average molecular weight is 294 g/mol. The Morgan fingerprint density at radius 2 is 1.91 bits per heavy atom. The Balaban J connectivity index is 2.03. The zero-order valence-corrected chi connectivity index (χ0v) is 12.0. The molecule has 0 amide bonds. The zero-order chi connectivity index (χ0) is 15.4. The van der Waals surface area contributed by atoms with Gasteiger partial charge in [-0.3, -0.25) is 0 Å². The van der Waals surface area contributed by atoms with Crippen LogP contribution in [0.25, 0.3) is 11.4 Å². The fourth-order valence-corrected chi connectivity index (χ4v) is 2.16. The lowest BCUT2D eigenvalue weighted by atomic mass is 10.2. The van der Waals surface area contributed by atoms with Crippen LogP contribution in [0.15, 0.2) is 55.2 Å². The van der Waals surface area contributed by atoms with Gasteiger partial charge in [0.1, 0.15) is 12.2 Å². The first-order valence-electron chi connectivity index (χ1n) is 6.72. The summed E-state index contributed by atoms with van der Waals surface area (Å²) in [7, 11) is 1.34. The Bertz CT molecular complexity index is 769. The molecular weight excluding hydrogens is 280 g/mol. The SMILES string of the molecule is COC(=O)c1cn(Cc2ccccc2)c(-c2cncnc2)n1. The van der Waals surface area contributed by atoms with Crippen molar-refractivity contribution in [2.45, 2.75) is 6.54 Å². The highest BCUT2D eigenvalue weighted by Crippen LogP contribution is 2.19. The number of rotatable bonds is 4. The minimum atomic E-state index is -0.468. The van der Waals surface area contributed by atoms with Crippen LogP contribution in [-0.4, -0.2) is 32.6 Å². The van der Waals surface area contributed by atoms with E-state index in [0.29, 0.717) is 12.4 Å². The number of carbonyl (C=O) groups excluding carboxylic acids is 1. The lowest BCUT2D eigenvalue weighted by Gasteiger charge is -2.07. The fourth-order valence-electron chi connectivity index (χ4n) is 2.16. The summed E-state index contributed by atoms with van der Waals surface area (Å²) in [4.78, 5) is 24.1. The van der Waals surface area contributed by atoms with Crippen molar-refractivity contribution in [2.75, 3.05) is 7.11 Å². The van der Waals surface area contributed by atoms with E-state index in [2.05, 4.69) is 15.0 Å². The fraction of sp³-hybridized carbons (Fsp3) is 0.125. The molecule has 22 heavy (non-hydrogen) atoms. The van der Waals surface area contributed by atoms with E-state index in [1.807, 2.05) is 34.9 Å². The standard InChI is InChI=1S/C16H14N4O2/c1-22-16(21)14-10-20(9-12-5-3-2-4-6-12)15(19-14)13-7-17-11-18-8-13/h2-8,10-11H,9H2,1H3. The second kappa shape index (κ2) is 6.17. The third-order valence-corrected chi connectivity index (χ3v) is 3.19. The Morgan fingerprint density at radius 1 is 1.18 bits per heavy atom. The molecule has 0 radical (unpaired) electrons. The molecule has 0 aliphatic carbocycles. The van der Waals surface area contributed by atoms with Crippen molar-refractivity contribution in [3.05, 3.63) is 66.5 Å².